The molecule has 7 N–H and O–H groups in total. The number of carbonyl (C=O) groups excluding carboxylic acids is 2. The molecule has 28 heavy (non-hydrogen) atoms. The number of nitrogens with one attached hydrogen (secondary N) is 2. The molecule has 0 radical (unpaired) electrons. The number of thioether (sulfide) groups is 1. The average molecular weight is 411 g/mol. The smallest absolute Gasteiger partial charge is 0.426 e. The third-order valence-corrected chi connectivity index (χ3v) is 4.91. The van der Waals surface area contributed by atoms with Crippen LogP contribution in [0.1, 0.15) is 37.4 Å². The van der Waals surface area contributed by atoms with E-state index in [-0.39, 0.29) is 0 Å². The van der Waals surface area contributed by atoms with Gasteiger partial charge >= 0.3 is 7.12 Å². The normalized spacial score (nSPS) is 14.0. The average Bonchev–Trinajstić information content (AvgIpc) is 2.70. The molecular weight excluding hydrogens is 381 g/mol. The number of carbonyl (C=O) groups is 2. The lowest BCUT2D eigenvalue weighted by Gasteiger charge is -2.24. The van der Waals surface area contributed by atoms with Gasteiger partial charge in [-0.3, -0.25) is 9.59 Å². The maximum absolute atomic E-state index is 12.6. The summed E-state index contributed by atoms with van der Waals surface area (Å²) >= 11 is 1.52. The lowest BCUT2D eigenvalue weighted by Crippen LogP contribution is -2.54. The van der Waals surface area contributed by atoms with Gasteiger partial charge in [0.2, 0.25) is 5.91 Å². The number of aliphatic hydroxyl groups excluding tert-OH is 1. The molecule has 0 fully saturated rings. The Hall–Kier alpha value is -1.59. The second kappa shape index (κ2) is 13.6. The van der Waals surface area contributed by atoms with Crippen LogP contribution in [0.15, 0.2) is 30.3 Å². The molecule has 1 aromatic carbocycles. The van der Waals surface area contributed by atoms with Gasteiger partial charge in [-0.05, 0) is 49.8 Å². The molecule has 0 spiro atoms. The van der Waals surface area contributed by atoms with Crippen molar-refractivity contribution in [2.75, 3.05) is 18.6 Å². The topological polar surface area (TPSA) is 145 Å². The van der Waals surface area contributed by atoms with Crippen molar-refractivity contribution in [1.82, 2.24) is 10.6 Å². The number of hydrogen-bond donors (Lipinski definition) is 6. The molecule has 0 aromatic heterocycles. The minimum Gasteiger partial charge on any atom is -0.426 e. The Bertz CT molecular complexity index is 594. The van der Waals surface area contributed by atoms with Gasteiger partial charge in [0.15, 0.2) is 6.10 Å². The van der Waals surface area contributed by atoms with E-state index in [2.05, 4.69) is 10.6 Å². The summed E-state index contributed by atoms with van der Waals surface area (Å²) in [7, 11) is -1.70. The van der Waals surface area contributed by atoms with Crippen LogP contribution in [0.5, 0.6) is 0 Å². The number of rotatable bonds is 13. The second-order valence-corrected chi connectivity index (χ2v) is 7.45. The highest BCUT2D eigenvalue weighted by molar-refractivity contribution is 7.98. The number of unbranched alkanes of at least 4 members (excludes halogenated alkanes) is 1. The van der Waals surface area contributed by atoms with E-state index in [1.165, 1.54) is 11.8 Å². The van der Waals surface area contributed by atoms with Crippen LogP contribution < -0.4 is 16.4 Å². The number of nitrogens with two attached hydrogens (primary N) is 1. The molecular formula is C18H30BN3O5S. The van der Waals surface area contributed by atoms with Crippen LogP contribution in [-0.2, 0) is 9.59 Å². The maximum Gasteiger partial charge on any atom is 0.475 e. The van der Waals surface area contributed by atoms with Crippen molar-refractivity contribution in [3.05, 3.63) is 35.9 Å². The van der Waals surface area contributed by atoms with Gasteiger partial charge in [0.25, 0.3) is 5.91 Å². The Morgan fingerprint density at radius 3 is 2.36 bits per heavy atom. The summed E-state index contributed by atoms with van der Waals surface area (Å²) in [5.41, 5.74) is 5.92. The van der Waals surface area contributed by atoms with Crippen molar-refractivity contribution in [3.8, 4) is 0 Å². The highest BCUT2D eigenvalue weighted by Gasteiger charge is 2.30. The molecule has 0 aliphatic heterocycles. The zero-order valence-corrected chi connectivity index (χ0v) is 16.9. The summed E-state index contributed by atoms with van der Waals surface area (Å²) in [4.78, 5) is 25.1. The second-order valence-electron chi connectivity index (χ2n) is 6.47. The molecule has 0 bridgehead atoms. The van der Waals surface area contributed by atoms with Gasteiger partial charge in [-0.15, -0.1) is 0 Å². The quantitative estimate of drug-likeness (QED) is 0.191. The van der Waals surface area contributed by atoms with Gasteiger partial charge in [0.1, 0.15) is 6.04 Å². The largest absolute Gasteiger partial charge is 0.475 e. The highest BCUT2D eigenvalue weighted by Crippen LogP contribution is 2.13. The first-order chi connectivity index (χ1) is 13.4. The van der Waals surface area contributed by atoms with Crippen LogP contribution in [0.3, 0.4) is 0 Å². The number of aliphatic hydroxyl groups is 1. The van der Waals surface area contributed by atoms with Crippen LogP contribution in [0.4, 0.5) is 0 Å². The first kappa shape index (κ1) is 24.5. The van der Waals surface area contributed by atoms with Gasteiger partial charge < -0.3 is 31.5 Å². The Morgan fingerprint density at radius 1 is 1.11 bits per heavy atom. The predicted octanol–water partition coefficient (Wildman–Crippen LogP) is -0.416. The van der Waals surface area contributed by atoms with E-state index in [4.69, 9.17) is 5.73 Å². The number of amides is 2. The van der Waals surface area contributed by atoms with Crippen LogP contribution in [-0.4, -0.2) is 64.6 Å². The monoisotopic (exact) mass is 411 g/mol. The summed E-state index contributed by atoms with van der Waals surface area (Å²) in [6.45, 7) is 0.459. The van der Waals surface area contributed by atoms with E-state index in [0.717, 1.165) is 0 Å². The van der Waals surface area contributed by atoms with E-state index in [0.29, 0.717) is 43.5 Å². The molecule has 3 atom stereocenters. The molecule has 156 valence electrons. The van der Waals surface area contributed by atoms with Crippen LogP contribution in [0.25, 0.3) is 0 Å². The predicted molar refractivity (Wildman–Crippen MR) is 111 cm³/mol. The van der Waals surface area contributed by atoms with E-state index in [9.17, 15) is 24.7 Å². The molecule has 2 amide bonds. The molecule has 10 heteroatoms. The van der Waals surface area contributed by atoms with Gasteiger partial charge in [0, 0.05) is 0 Å². The molecule has 0 saturated carbocycles. The Labute approximate surface area is 170 Å². The molecule has 8 nitrogen and oxygen atoms in total. The summed E-state index contributed by atoms with van der Waals surface area (Å²) in [5.74, 6) is -1.42. The maximum atomic E-state index is 12.6. The molecule has 0 heterocycles. The SMILES string of the molecule is CSCC[C@H](NC(=O)[C@H](CCCCN)NC(=O)[C@H](O)c1ccccc1)B(O)O. The van der Waals surface area contributed by atoms with Gasteiger partial charge in [0.05, 0.1) is 5.94 Å². The Balaban J connectivity index is 2.79. The molecule has 1 rings (SSSR count). The summed E-state index contributed by atoms with van der Waals surface area (Å²) in [6.07, 6.45) is 2.46. The first-order valence-electron chi connectivity index (χ1n) is 9.29. The summed E-state index contributed by atoms with van der Waals surface area (Å²) in [6, 6.07) is 7.51. The van der Waals surface area contributed by atoms with Crippen molar-refractivity contribution in [2.45, 2.75) is 43.8 Å². The fourth-order valence-electron chi connectivity index (χ4n) is 2.62. The van der Waals surface area contributed by atoms with E-state index in [1.54, 1.807) is 30.3 Å². The first-order valence-corrected chi connectivity index (χ1v) is 10.7. The van der Waals surface area contributed by atoms with Crippen molar-refractivity contribution in [3.63, 3.8) is 0 Å². The van der Waals surface area contributed by atoms with Crippen molar-refractivity contribution in [2.24, 2.45) is 5.73 Å². The van der Waals surface area contributed by atoms with Crippen molar-refractivity contribution in [1.29, 1.82) is 0 Å². The zero-order chi connectivity index (χ0) is 20.9. The lowest BCUT2D eigenvalue weighted by molar-refractivity contribution is -0.134. The van der Waals surface area contributed by atoms with E-state index >= 15 is 0 Å². The van der Waals surface area contributed by atoms with Crippen molar-refractivity contribution >= 4 is 30.7 Å². The number of hydrogen-bond acceptors (Lipinski definition) is 7. The van der Waals surface area contributed by atoms with Gasteiger partial charge in [-0.1, -0.05) is 30.3 Å². The Morgan fingerprint density at radius 2 is 1.79 bits per heavy atom. The fourth-order valence-corrected chi connectivity index (χ4v) is 3.11. The standard InChI is InChI=1S/C18H30BN3O5S/c1-28-12-10-15(19(26)27)22-17(24)14(9-5-6-11-20)21-18(25)16(23)13-7-3-2-4-8-13/h2-4,7-8,14-16,23,26-27H,5-6,9-12,20H2,1H3,(H,21,25)(H,22,24)/t14-,15-,16+/m0/s1. The molecule has 0 saturated heterocycles. The van der Waals surface area contributed by atoms with Gasteiger partial charge in [-0.25, -0.2) is 0 Å². The number of benzene rings is 1. The minimum atomic E-state index is -1.70. The van der Waals surface area contributed by atoms with Crippen LogP contribution in [0.2, 0.25) is 0 Å². The van der Waals surface area contributed by atoms with E-state index in [1.807, 2.05) is 6.26 Å². The summed E-state index contributed by atoms with van der Waals surface area (Å²) < 4.78 is 0. The Kier molecular flexibility index (Phi) is 11.8. The molecule has 0 unspecified atom stereocenters. The summed E-state index contributed by atoms with van der Waals surface area (Å²) in [5, 5.41) is 34.4. The van der Waals surface area contributed by atoms with Gasteiger partial charge in [-0.2, -0.15) is 11.8 Å². The third-order valence-electron chi connectivity index (χ3n) is 4.26. The molecule has 0 aliphatic rings. The highest BCUT2D eigenvalue weighted by atomic mass is 32.2. The fraction of sp³-hybridized carbons (Fsp3) is 0.556. The van der Waals surface area contributed by atoms with E-state index < -0.39 is 37.0 Å². The lowest BCUT2D eigenvalue weighted by atomic mass is 9.77. The van der Waals surface area contributed by atoms with Crippen molar-refractivity contribution < 1.29 is 24.7 Å². The minimum absolute atomic E-state index is 0.326. The molecule has 1 aromatic rings. The van der Waals surface area contributed by atoms with Crippen LogP contribution in [0, 0.1) is 0 Å². The molecule has 0 aliphatic carbocycles. The zero-order valence-electron chi connectivity index (χ0n) is 16.1. The van der Waals surface area contributed by atoms with Crippen LogP contribution >= 0.6 is 11.8 Å². The third kappa shape index (κ3) is 8.62.